The van der Waals surface area contributed by atoms with Crippen molar-refractivity contribution < 1.29 is 4.74 Å². The molecule has 0 bridgehead atoms. The number of unbranched alkanes of at least 4 members (excludes halogenated alkanes) is 1. The Morgan fingerprint density at radius 2 is 2.19 bits per heavy atom. The molecule has 0 aromatic carbocycles. The maximum absolute atomic E-state index is 12.0. The molecule has 0 aliphatic heterocycles. The summed E-state index contributed by atoms with van der Waals surface area (Å²) in [6, 6.07) is 0. The SMILES string of the molecule is CCCCn1ncc(NCCCOCC(C)C)c(Cl)c1=O. The summed E-state index contributed by atoms with van der Waals surface area (Å²) in [5, 5.41) is 7.49. The number of rotatable bonds is 10. The zero-order chi connectivity index (χ0) is 15.7. The fourth-order valence-electron chi connectivity index (χ4n) is 1.77. The minimum atomic E-state index is -0.230. The van der Waals surface area contributed by atoms with E-state index in [2.05, 4.69) is 31.2 Å². The van der Waals surface area contributed by atoms with Gasteiger partial charge in [-0.05, 0) is 18.8 Å². The molecular formula is C15H26ClN3O2. The zero-order valence-electron chi connectivity index (χ0n) is 13.2. The summed E-state index contributed by atoms with van der Waals surface area (Å²) in [6.45, 7) is 9.11. The van der Waals surface area contributed by atoms with Gasteiger partial charge in [0.1, 0.15) is 5.02 Å². The molecule has 0 aliphatic rings. The van der Waals surface area contributed by atoms with Crippen LogP contribution in [0.5, 0.6) is 0 Å². The molecule has 1 aromatic heterocycles. The van der Waals surface area contributed by atoms with Crippen molar-refractivity contribution in [2.45, 2.75) is 46.6 Å². The Hall–Kier alpha value is -1.07. The van der Waals surface area contributed by atoms with E-state index in [0.29, 0.717) is 31.3 Å². The topological polar surface area (TPSA) is 56.1 Å². The number of aromatic nitrogens is 2. The first-order valence-corrected chi connectivity index (χ1v) is 8.01. The molecule has 0 saturated carbocycles. The van der Waals surface area contributed by atoms with Crippen molar-refractivity contribution in [3.05, 3.63) is 21.6 Å². The lowest BCUT2D eigenvalue weighted by molar-refractivity contribution is 0.110. The Morgan fingerprint density at radius 1 is 1.43 bits per heavy atom. The van der Waals surface area contributed by atoms with Crippen LogP contribution in [-0.2, 0) is 11.3 Å². The van der Waals surface area contributed by atoms with E-state index >= 15 is 0 Å². The average molecular weight is 316 g/mol. The molecule has 0 amide bonds. The van der Waals surface area contributed by atoms with E-state index in [4.69, 9.17) is 16.3 Å². The number of anilines is 1. The first-order valence-electron chi connectivity index (χ1n) is 7.63. The summed E-state index contributed by atoms with van der Waals surface area (Å²) < 4.78 is 6.92. The second kappa shape index (κ2) is 9.79. The number of hydrogen-bond acceptors (Lipinski definition) is 4. The van der Waals surface area contributed by atoms with E-state index in [1.807, 2.05) is 0 Å². The van der Waals surface area contributed by atoms with Gasteiger partial charge in [0.15, 0.2) is 0 Å². The summed E-state index contributed by atoms with van der Waals surface area (Å²) in [5.41, 5.74) is 0.365. The quantitative estimate of drug-likeness (QED) is 0.674. The van der Waals surface area contributed by atoms with E-state index < -0.39 is 0 Å². The Kier molecular flexibility index (Phi) is 8.38. The fraction of sp³-hybridized carbons (Fsp3) is 0.733. The van der Waals surface area contributed by atoms with Gasteiger partial charge < -0.3 is 10.1 Å². The van der Waals surface area contributed by atoms with Crippen molar-refractivity contribution in [1.82, 2.24) is 9.78 Å². The van der Waals surface area contributed by atoms with Crippen LogP contribution >= 0.6 is 11.6 Å². The van der Waals surface area contributed by atoms with Crippen LogP contribution in [0, 0.1) is 5.92 Å². The highest BCUT2D eigenvalue weighted by Crippen LogP contribution is 2.15. The number of aryl methyl sites for hydroxylation is 1. The summed E-state index contributed by atoms with van der Waals surface area (Å²) in [5.74, 6) is 0.548. The normalized spacial score (nSPS) is 11.1. The Morgan fingerprint density at radius 3 is 2.86 bits per heavy atom. The van der Waals surface area contributed by atoms with Gasteiger partial charge in [0.05, 0.1) is 11.9 Å². The van der Waals surface area contributed by atoms with Gasteiger partial charge >= 0.3 is 0 Å². The minimum Gasteiger partial charge on any atom is -0.382 e. The minimum absolute atomic E-state index is 0.212. The van der Waals surface area contributed by atoms with Gasteiger partial charge in [-0.3, -0.25) is 4.79 Å². The first kappa shape index (κ1) is 18.0. The number of halogens is 1. The van der Waals surface area contributed by atoms with Crippen molar-refractivity contribution >= 4 is 17.3 Å². The van der Waals surface area contributed by atoms with Crippen molar-refractivity contribution in [3.63, 3.8) is 0 Å². The maximum Gasteiger partial charge on any atom is 0.287 e. The first-order chi connectivity index (χ1) is 10.1. The van der Waals surface area contributed by atoms with Crippen LogP contribution in [0.1, 0.15) is 40.0 Å². The predicted octanol–water partition coefficient (Wildman–Crippen LogP) is 3.17. The highest BCUT2D eigenvalue weighted by molar-refractivity contribution is 6.32. The summed E-state index contributed by atoms with van der Waals surface area (Å²) in [6.07, 6.45) is 4.42. The fourth-order valence-corrected chi connectivity index (χ4v) is 1.98. The van der Waals surface area contributed by atoms with E-state index in [-0.39, 0.29) is 10.6 Å². The smallest absolute Gasteiger partial charge is 0.287 e. The predicted molar refractivity (Wildman–Crippen MR) is 87.2 cm³/mol. The van der Waals surface area contributed by atoms with Gasteiger partial charge in [-0.2, -0.15) is 5.10 Å². The molecule has 0 aliphatic carbocycles. The standard InChI is InChI=1S/C15H26ClN3O2/c1-4-5-8-19-15(20)14(16)13(10-18-19)17-7-6-9-21-11-12(2)3/h10,12,17H,4-9,11H2,1-3H3. The molecule has 1 heterocycles. The van der Waals surface area contributed by atoms with Crippen LogP contribution in [0.15, 0.2) is 11.0 Å². The molecular weight excluding hydrogens is 290 g/mol. The monoisotopic (exact) mass is 315 g/mol. The van der Waals surface area contributed by atoms with Crippen molar-refractivity contribution in [2.75, 3.05) is 25.1 Å². The van der Waals surface area contributed by atoms with Crippen LogP contribution in [0.2, 0.25) is 5.02 Å². The van der Waals surface area contributed by atoms with E-state index in [1.165, 1.54) is 4.68 Å². The number of hydrogen-bond donors (Lipinski definition) is 1. The van der Waals surface area contributed by atoms with Gasteiger partial charge in [-0.1, -0.05) is 38.8 Å². The summed E-state index contributed by atoms with van der Waals surface area (Å²) in [7, 11) is 0. The highest BCUT2D eigenvalue weighted by atomic mass is 35.5. The second-order valence-corrected chi connectivity index (χ2v) is 5.88. The molecule has 1 rings (SSSR count). The molecule has 6 heteroatoms. The zero-order valence-corrected chi connectivity index (χ0v) is 13.9. The lowest BCUT2D eigenvalue weighted by atomic mass is 10.2. The largest absolute Gasteiger partial charge is 0.382 e. The van der Waals surface area contributed by atoms with Gasteiger partial charge in [0.2, 0.25) is 0 Å². The maximum atomic E-state index is 12.0. The average Bonchev–Trinajstić information content (AvgIpc) is 2.45. The Bertz CT molecular complexity index is 474. The van der Waals surface area contributed by atoms with Gasteiger partial charge in [-0.25, -0.2) is 4.68 Å². The number of nitrogens with zero attached hydrogens (tertiary/aromatic N) is 2. The van der Waals surface area contributed by atoms with Crippen LogP contribution < -0.4 is 10.9 Å². The Balaban J connectivity index is 2.42. The van der Waals surface area contributed by atoms with Crippen LogP contribution in [0.3, 0.4) is 0 Å². The van der Waals surface area contributed by atoms with Crippen molar-refractivity contribution in [1.29, 1.82) is 0 Å². The third-order valence-corrected chi connectivity index (χ3v) is 3.31. The highest BCUT2D eigenvalue weighted by Gasteiger charge is 2.08. The molecule has 0 atom stereocenters. The second-order valence-electron chi connectivity index (χ2n) is 5.50. The van der Waals surface area contributed by atoms with E-state index in [0.717, 1.165) is 25.9 Å². The molecule has 120 valence electrons. The molecule has 21 heavy (non-hydrogen) atoms. The number of ether oxygens (including phenoxy) is 1. The lowest BCUT2D eigenvalue weighted by Crippen LogP contribution is -2.24. The number of nitrogens with one attached hydrogen (secondary N) is 1. The Labute approximate surface area is 131 Å². The van der Waals surface area contributed by atoms with E-state index in [9.17, 15) is 4.79 Å². The molecule has 0 fully saturated rings. The molecule has 0 radical (unpaired) electrons. The lowest BCUT2D eigenvalue weighted by Gasteiger charge is -2.10. The third kappa shape index (κ3) is 6.48. The molecule has 0 unspecified atom stereocenters. The molecule has 0 saturated heterocycles. The van der Waals surface area contributed by atoms with Gasteiger partial charge in [0.25, 0.3) is 5.56 Å². The van der Waals surface area contributed by atoms with E-state index in [1.54, 1.807) is 6.20 Å². The molecule has 1 aromatic rings. The van der Waals surface area contributed by atoms with Gasteiger partial charge in [-0.15, -0.1) is 0 Å². The van der Waals surface area contributed by atoms with Crippen molar-refractivity contribution in [3.8, 4) is 0 Å². The van der Waals surface area contributed by atoms with Crippen LogP contribution in [0.25, 0.3) is 0 Å². The van der Waals surface area contributed by atoms with Crippen molar-refractivity contribution in [2.24, 2.45) is 5.92 Å². The van der Waals surface area contributed by atoms with Gasteiger partial charge in [0, 0.05) is 26.3 Å². The molecule has 1 N–H and O–H groups in total. The van der Waals surface area contributed by atoms with Crippen LogP contribution in [0.4, 0.5) is 5.69 Å². The molecule has 0 spiro atoms. The van der Waals surface area contributed by atoms with Crippen LogP contribution in [-0.4, -0.2) is 29.5 Å². The molecule has 5 nitrogen and oxygen atoms in total. The summed E-state index contributed by atoms with van der Waals surface area (Å²) in [4.78, 5) is 12.0. The summed E-state index contributed by atoms with van der Waals surface area (Å²) >= 11 is 6.09. The third-order valence-electron chi connectivity index (χ3n) is 2.94.